The number of allylic oxidation sites excluding steroid dienone is 2. The molecule has 0 heterocycles. The van der Waals surface area contributed by atoms with Gasteiger partial charge in [0.1, 0.15) is 0 Å². The molecular weight excluding hydrogens is 532 g/mol. The van der Waals surface area contributed by atoms with Gasteiger partial charge in [-0.2, -0.15) is 0 Å². The molecule has 0 aromatic heterocycles. The molecule has 43 heavy (non-hydrogen) atoms. The van der Waals surface area contributed by atoms with Gasteiger partial charge >= 0.3 is 12.1 Å². The van der Waals surface area contributed by atoms with Crippen LogP contribution in [0.15, 0.2) is 12.2 Å². The number of esters is 1. The summed E-state index contributed by atoms with van der Waals surface area (Å²) in [6.45, 7) is 4.89. The molecular formula is C39H74O4. The van der Waals surface area contributed by atoms with Gasteiger partial charge in [0.2, 0.25) is 0 Å². The van der Waals surface area contributed by atoms with Crippen molar-refractivity contribution in [2.24, 2.45) is 0 Å². The van der Waals surface area contributed by atoms with E-state index in [0.29, 0.717) is 13.0 Å². The Morgan fingerprint density at radius 1 is 0.419 bits per heavy atom. The van der Waals surface area contributed by atoms with Crippen LogP contribution in [0.2, 0.25) is 0 Å². The highest BCUT2D eigenvalue weighted by Gasteiger charge is 2.11. The summed E-state index contributed by atoms with van der Waals surface area (Å²) < 4.78 is 9.88. The van der Waals surface area contributed by atoms with Crippen LogP contribution in [-0.4, -0.2) is 18.7 Å². The number of hydrogen-bond acceptors (Lipinski definition) is 4. The topological polar surface area (TPSA) is 52.6 Å². The van der Waals surface area contributed by atoms with Crippen LogP contribution in [0.1, 0.15) is 219 Å². The third-order valence-corrected chi connectivity index (χ3v) is 8.56. The second kappa shape index (κ2) is 36.9. The molecule has 0 aromatic carbocycles. The zero-order valence-electron chi connectivity index (χ0n) is 29.1. The van der Waals surface area contributed by atoms with Crippen molar-refractivity contribution in [1.82, 2.24) is 0 Å². The Hall–Kier alpha value is -1.32. The molecule has 0 aromatic rings. The molecule has 0 saturated heterocycles. The van der Waals surface area contributed by atoms with Crippen molar-refractivity contribution in [3.05, 3.63) is 12.2 Å². The molecule has 0 atom stereocenters. The van der Waals surface area contributed by atoms with E-state index >= 15 is 0 Å². The minimum absolute atomic E-state index is 0.306. The zero-order chi connectivity index (χ0) is 31.3. The Labute approximate surface area is 268 Å². The van der Waals surface area contributed by atoms with Crippen molar-refractivity contribution < 1.29 is 19.1 Å². The molecule has 0 saturated carbocycles. The first-order chi connectivity index (χ1) is 21.2. The van der Waals surface area contributed by atoms with Crippen LogP contribution in [0, 0.1) is 0 Å². The quantitative estimate of drug-likeness (QED) is 0.0316. The van der Waals surface area contributed by atoms with Crippen molar-refractivity contribution in [2.75, 3.05) is 6.61 Å². The number of carbonyl (C=O) groups excluding carboxylic acids is 2. The van der Waals surface area contributed by atoms with Gasteiger partial charge in [-0.1, -0.05) is 187 Å². The minimum atomic E-state index is -0.826. The lowest BCUT2D eigenvalue weighted by Crippen LogP contribution is -2.14. The van der Waals surface area contributed by atoms with Gasteiger partial charge in [0, 0.05) is 6.42 Å². The van der Waals surface area contributed by atoms with Crippen LogP contribution < -0.4 is 0 Å². The van der Waals surface area contributed by atoms with Gasteiger partial charge in [-0.3, -0.25) is 4.79 Å². The van der Waals surface area contributed by atoms with E-state index in [4.69, 9.17) is 9.47 Å². The van der Waals surface area contributed by atoms with Gasteiger partial charge in [0.25, 0.3) is 0 Å². The average Bonchev–Trinajstić information content (AvgIpc) is 3.00. The number of carbonyl (C=O) groups is 2. The first-order valence-corrected chi connectivity index (χ1v) is 19.2. The van der Waals surface area contributed by atoms with Gasteiger partial charge in [-0.05, 0) is 38.5 Å². The molecule has 0 amide bonds. The van der Waals surface area contributed by atoms with E-state index in [9.17, 15) is 9.59 Å². The van der Waals surface area contributed by atoms with E-state index in [-0.39, 0.29) is 0 Å². The summed E-state index contributed by atoms with van der Waals surface area (Å²) in [6.07, 6.45) is 43.9. The second-order valence-electron chi connectivity index (χ2n) is 12.9. The Kier molecular flexibility index (Phi) is 35.7. The normalized spacial score (nSPS) is 11.4. The number of hydrogen-bond donors (Lipinski definition) is 0. The number of unbranched alkanes of at least 4 members (excludes halogenated alkanes) is 28. The largest absolute Gasteiger partial charge is 0.516 e. The van der Waals surface area contributed by atoms with Crippen LogP contribution >= 0.6 is 0 Å². The molecule has 0 fully saturated rings. The summed E-state index contributed by atoms with van der Waals surface area (Å²) >= 11 is 0. The van der Waals surface area contributed by atoms with Crippen LogP contribution in [0.3, 0.4) is 0 Å². The van der Waals surface area contributed by atoms with Crippen molar-refractivity contribution in [3.8, 4) is 0 Å². The maximum absolute atomic E-state index is 11.9. The predicted octanol–water partition coefficient (Wildman–Crippen LogP) is 13.7. The molecule has 4 heteroatoms. The molecule has 0 bridgehead atoms. The van der Waals surface area contributed by atoms with Crippen molar-refractivity contribution >= 4 is 12.1 Å². The Balaban J connectivity index is 3.30. The number of ether oxygens (including phenoxy) is 2. The monoisotopic (exact) mass is 607 g/mol. The van der Waals surface area contributed by atoms with Gasteiger partial charge in [-0.15, -0.1) is 0 Å². The molecule has 4 nitrogen and oxygen atoms in total. The maximum atomic E-state index is 11.9. The maximum Gasteiger partial charge on any atom is 0.516 e. The average molecular weight is 607 g/mol. The summed E-state index contributed by atoms with van der Waals surface area (Å²) in [5.74, 6) is -0.452. The van der Waals surface area contributed by atoms with E-state index in [1.54, 1.807) is 0 Å². The standard InChI is InChI=1S/C39H74O4/c1-3-5-7-9-11-13-15-17-19-20-21-22-23-24-26-28-30-32-34-36-38(40)43-39(41)42-37-35-33-31-29-27-25-18-16-14-12-10-8-6-4-2/h17,19H,3-16,18,20-37H2,1-2H3. The predicted molar refractivity (Wildman–Crippen MR) is 186 cm³/mol. The first kappa shape index (κ1) is 41.7. The lowest BCUT2D eigenvalue weighted by molar-refractivity contribution is -0.139. The Bertz CT molecular complexity index is 600. The highest BCUT2D eigenvalue weighted by Crippen LogP contribution is 2.14. The third kappa shape index (κ3) is 36.8. The van der Waals surface area contributed by atoms with Gasteiger partial charge in [-0.25, -0.2) is 4.79 Å². The molecule has 0 unspecified atom stereocenters. The lowest BCUT2D eigenvalue weighted by Gasteiger charge is -2.06. The summed E-state index contributed by atoms with van der Waals surface area (Å²) in [7, 11) is 0. The molecule has 254 valence electrons. The summed E-state index contributed by atoms with van der Waals surface area (Å²) in [4.78, 5) is 23.6. The zero-order valence-corrected chi connectivity index (χ0v) is 29.1. The fourth-order valence-electron chi connectivity index (χ4n) is 5.67. The van der Waals surface area contributed by atoms with Gasteiger partial charge in [0.15, 0.2) is 0 Å². The van der Waals surface area contributed by atoms with E-state index in [2.05, 4.69) is 26.0 Å². The van der Waals surface area contributed by atoms with E-state index in [1.165, 1.54) is 167 Å². The molecule has 0 aliphatic rings. The summed E-state index contributed by atoms with van der Waals surface area (Å²) in [5, 5.41) is 0. The van der Waals surface area contributed by atoms with E-state index in [1.807, 2.05) is 0 Å². The molecule has 0 rings (SSSR count). The van der Waals surface area contributed by atoms with Crippen molar-refractivity contribution in [2.45, 2.75) is 219 Å². The fraction of sp³-hybridized carbons (Fsp3) is 0.897. The first-order valence-electron chi connectivity index (χ1n) is 19.2. The highest BCUT2D eigenvalue weighted by molar-refractivity contribution is 5.81. The third-order valence-electron chi connectivity index (χ3n) is 8.56. The van der Waals surface area contributed by atoms with E-state index in [0.717, 1.165) is 32.1 Å². The van der Waals surface area contributed by atoms with E-state index < -0.39 is 12.1 Å². The minimum Gasteiger partial charge on any atom is -0.434 e. The molecule has 0 aliphatic heterocycles. The fourth-order valence-corrected chi connectivity index (χ4v) is 5.67. The van der Waals surface area contributed by atoms with Gasteiger partial charge < -0.3 is 9.47 Å². The van der Waals surface area contributed by atoms with Crippen LogP contribution in [0.25, 0.3) is 0 Å². The summed E-state index contributed by atoms with van der Waals surface area (Å²) in [6, 6.07) is 0. The number of rotatable bonds is 34. The molecule has 0 N–H and O–H groups in total. The lowest BCUT2D eigenvalue weighted by atomic mass is 10.0. The second-order valence-corrected chi connectivity index (χ2v) is 12.9. The highest BCUT2D eigenvalue weighted by atomic mass is 16.7. The summed E-state index contributed by atoms with van der Waals surface area (Å²) in [5.41, 5.74) is 0. The van der Waals surface area contributed by atoms with Crippen LogP contribution in [0.4, 0.5) is 4.79 Å². The van der Waals surface area contributed by atoms with Crippen LogP contribution in [-0.2, 0) is 14.3 Å². The van der Waals surface area contributed by atoms with Gasteiger partial charge in [0.05, 0.1) is 6.61 Å². The molecule has 0 radical (unpaired) electrons. The Morgan fingerprint density at radius 3 is 1.14 bits per heavy atom. The SMILES string of the molecule is CCCCCCCCC=CCCCCCCCCCCCC(=O)OC(=O)OCCCCCCCCCCCCCCCC. The smallest absolute Gasteiger partial charge is 0.434 e. The van der Waals surface area contributed by atoms with Crippen molar-refractivity contribution in [3.63, 3.8) is 0 Å². The Morgan fingerprint density at radius 2 is 0.744 bits per heavy atom. The molecule has 0 spiro atoms. The molecule has 0 aliphatic carbocycles. The van der Waals surface area contributed by atoms with Crippen molar-refractivity contribution in [1.29, 1.82) is 0 Å². The van der Waals surface area contributed by atoms with Crippen LogP contribution in [0.5, 0.6) is 0 Å².